The number of alkyl carbamates (subject to hydrolysis) is 1. The minimum atomic E-state index is -0.709. The number of nitrogens with two attached hydrogens (primary N) is 1. The molecule has 0 spiro atoms. The molecule has 0 atom stereocenters. The topological polar surface area (TPSA) is 102 Å². The van der Waals surface area contributed by atoms with E-state index < -0.39 is 11.7 Å². The summed E-state index contributed by atoms with van der Waals surface area (Å²) < 4.78 is 6.11. The van der Waals surface area contributed by atoms with Crippen molar-refractivity contribution in [2.24, 2.45) is 10.7 Å². The standard InChI is InChI=1S/C20H19BrClN5O2/c1-20(2,3)29-19(28)27-17(23)26-18-24-15-9-8-13(22)10-14(15)16(25-18)11-4-6-12(21)7-5-11/h4-10H,1-3H3,(H3,23,24,25,26,27,28). The largest absolute Gasteiger partial charge is 0.444 e. The number of guanidine groups is 1. The molecule has 0 bridgehead atoms. The molecule has 7 nitrogen and oxygen atoms in total. The van der Waals surface area contributed by atoms with E-state index in [0.717, 1.165) is 15.4 Å². The summed E-state index contributed by atoms with van der Waals surface area (Å²) in [7, 11) is 0. The zero-order valence-electron chi connectivity index (χ0n) is 16.0. The third-order valence-electron chi connectivity index (χ3n) is 3.61. The maximum absolute atomic E-state index is 11.9. The van der Waals surface area contributed by atoms with Crippen LogP contribution >= 0.6 is 27.5 Å². The van der Waals surface area contributed by atoms with Gasteiger partial charge in [-0.05, 0) is 51.1 Å². The summed E-state index contributed by atoms with van der Waals surface area (Å²) >= 11 is 9.59. The Balaban J connectivity index is 2.02. The van der Waals surface area contributed by atoms with Crippen molar-refractivity contribution in [2.75, 3.05) is 0 Å². The summed E-state index contributed by atoms with van der Waals surface area (Å²) in [6, 6.07) is 13.0. The molecule has 3 aromatic rings. The molecule has 0 saturated heterocycles. The Labute approximate surface area is 181 Å². The fourth-order valence-corrected chi connectivity index (χ4v) is 2.95. The predicted octanol–water partition coefficient (Wildman–Crippen LogP) is 5.18. The van der Waals surface area contributed by atoms with E-state index in [1.54, 1.807) is 39.0 Å². The Morgan fingerprint density at radius 3 is 2.52 bits per heavy atom. The van der Waals surface area contributed by atoms with E-state index in [0.29, 0.717) is 16.2 Å². The monoisotopic (exact) mass is 475 g/mol. The molecule has 0 radical (unpaired) electrons. The number of hydrogen-bond donors (Lipinski definition) is 2. The van der Waals surface area contributed by atoms with E-state index in [2.05, 4.69) is 36.2 Å². The zero-order chi connectivity index (χ0) is 21.2. The van der Waals surface area contributed by atoms with Crippen molar-refractivity contribution in [1.82, 2.24) is 15.3 Å². The van der Waals surface area contributed by atoms with Crippen LogP contribution < -0.4 is 11.1 Å². The van der Waals surface area contributed by atoms with Crippen LogP contribution in [-0.4, -0.2) is 27.6 Å². The van der Waals surface area contributed by atoms with Gasteiger partial charge in [0.15, 0.2) is 0 Å². The second-order valence-corrected chi connectivity index (χ2v) is 8.52. The van der Waals surface area contributed by atoms with Gasteiger partial charge in [-0.2, -0.15) is 4.99 Å². The quantitative estimate of drug-likeness (QED) is 0.392. The Bertz CT molecular complexity index is 1090. The first kappa shape index (κ1) is 21.0. The lowest BCUT2D eigenvalue weighted by molar-refractivity contribution is 0.0562. The minimum Gasteiger partial charge on any atom is -0.444 e. The Kier molecular flexibility index (Phi) is 6.04. The number of nitrogens with one attached hydrogen (secondary N) is 1. The third kappa shape index (κ3) is 5.65. The van der Waals surface area contributed by atoms with E-state index in [1.165, 1.54) is 0 Å². The average Bonchev–Trinajstić information content (AvgIpc) is 2.60. The smallest absolute Gasteiger partial charge is 0.414 e. The first-order valence-electron chi connectivity index (χ1n) is 8.68. The fraction of sp³-hybridized carbons (Fsp3) is 0.200. The van der Waals surface area contributed by atoms with Crippen LogP contribution in [-0.2, 0) is 4.74 Å². The van der Waals surface area contributed by atoms with Crippen LogP contribution in [0, 0.1) is 0 Å². The summed E-state index contributed by atoms with van der Waals surface area (Å²) in [6.07, 6.45) is -0.709. The van der Waals surface area contributed by atoms with Crippen molar-refractivity contribution in [3.8, 4) is 11.3 Å². The van der Waals surface area contributed by atoms with E-state index in [-0.39, 0.29) is 11.9 Å². The van der Waals surface area contributed by atoms with Crippen LogP contribution in [0.5, 0.6) is 0 Å². The molecule has 0 fully saturated rings. The molecule has 1 aromatic heterocycles. The molecule has 3 rings (SSSR count). The lowest BCUT2D eigenvalue weighted by Gasteiger charge is -2.19. The SMILES string of the molecule is CC(C)(C)OC(=O)N/C(N)=N/c1nc(-c2ccc(Br)cc2)c2cc(Cl)ccc2n1. The van der Waals surface area contributed by atoms with Crippen LogP contribution in [0.15, 0.2) is 51.9 Å². The molecule has 29 heavy (non-hydrogen) atoms. The van der Waals surface area contributed by atoms with Crippen molar-refractivity contribution in [3.05, 3.63) is 52.0 Å². The molecular weight excluding hydrogens is 458 g/mol. The molecular formula is C20H19BrClN5O2. The molecule has 0 aliphatic heterocycles. The van der Waals surface area contributed by atoms with E-state index in [4.69, 9.17) is 22.1 Å². The van der Waals surface area contributed by atoms with Gasteiger partial charge < -0.3 is 10.5 Å². The molecule has 150 valence electrons. The molecule has 3 N–H and O–H groups in total. The number of rotatable bonds is 2. The summed E-state index contributed by atoms with van der Waals surface area (Å²) in [5.41, 5.74) is 7.33. The predicted molar refractivity (Wildman–Crippen MR) is 118 cm³/mol. The third-order valence-corrected chi connectivity index (χ3v) is 4.38. The van der Waals surface area contributed by atoms with Crippen LogP contribution in [0.3, 0.4) is 0 Å². The van der Waals surface area contributed by atoms with Gasteiger partial charge in [0.2, 0.25) is 5.96 Å². The number of carbonyl (C=O) groups is 1. The normalized spacial score (nSPS) is 12.1. The fourth-order valence-electron chi connectivity index (χ4n) is 2.51. The van der Waals surface area contributed by atoms with Crippen LogP contribution in [0.2, 0.25) is 5.02 Å². The zero-order valence-corrected chi connectivity index (χ0v) is 18.4. The van der Waals surface area contributed by atoms with E-state index in [1.807, 2.05) is 24.3 Å². The molecule has 0 unspecified atom stereocenters. The highest BCUT2D eigenvalue weighted by molar-refractivity contribution is 9.10. The first-order chi connectivity index (χ1) is 13.6. The first-order valence-corrected chi connectivity index (χ1v) is 9.85. The van der Waals surface area contributed by atoms with Gasteiger partial charge in [0.25, 0.3) is 5.95 Å². The van der Waals surface area contributed by atoms with E-state index >= 15 is 0 Å². The Morgan fingerprint density at radius 1 is 1.17 bits per heavy atom. The summed E-state index contributed by atoms with van der Waals surface area (Å²) in [4.78, 5) is 24.9. The number of carbonyl (C=O) groups excluding carboxylic acids is 1. The maximum atomic E-state index is 11.9. The summed E-state index contributed by atoms with van der Waals surface area (Å²) in [6.45, 7) is 5.26. The lowest BCUT2D eigenvalue weighted by Crippen LogP contribution is -2.40. The van der Waals surface area contributed by atoms with Gasteiger partial charge in [0.05, 0.1) is 11.2 Å². The van der Waals surface area contributed by atoms with Gasteiger partial charge in [0.1, 0.15) is 5.60 Å². The number of benzene rings is 2. The Morgan fingerprint density at radius 2 is 1.86 bits per heavy atom. The molecule has 2 aromatic carbocycles. The van der Waals surface area contributed by atoms with Crippen molar-refractivity contribution >= 4 is 56.4 Å². The van der Waals surface area contributed by atoms with Gasteiger partial charge in [-0.25, -0.2) is 14.8 Å². The molecule has 9 heteroatoms. The molecule has 0 saturated carbocycles. The highest BCUT2D eigenvalue weighted by Crippen LogP contribution is 2.30. The van der Waals surface area contributed by atoms with Gasteiger partial charge in [0, 0.05) is 20.4 Å². The van der Waals surface area contributed by atoms with Crippen molar-refractivity contribution in [3.63, 3.8) is 0 Å². The van der Waals surface area contributed by atoms with Gasteiger partial charge in [-0.1, -0.05) is 39.7 Å². The van der Waals surface area contributed by atoms with Crippen LogP contribution in [0.4, 0.5) is 10.7 Å². The van der Waals surface area contributed by atoms with Gasteiger partial charge >= 0.3 is 6.09 Å². The lowest BCUT2D eigenvalue weighted by atomic mass is 10.1. The van der Waals surface area contributed by atoms with Crippen molar-refractivity contribution in [2.45, 2.75) is 26.4 Å². The average molecular weight is 477 g/mol. The number of amides is 1. The minimum absolute atomic E-state index is 0.103. The highest BCUT2D eigenvalue weighted by Gasteiger charge is 2.17. The highest BCUT2D eigenvalue weighted by atomic mass is 79.9. The molecule has 0 aliphatic rings. The number of aliphatic imine (C=N–C) groups is 1. The number of fused-ring (bicyclic) bond motifs is 1. The summed E-state index contributed by atoms with van der Waals surface area (Å²) in [5, 5.41) is 3.71. The van der Waals surface area contributed by atoms with E-state index in [9.17, 15) is 4.79 Å². The Hall–Kier alpha value is -2.71. The molecule has 1 heterocycles. The number of halogens is 2. The molecule has 0 aliphatic carbocycles. The second kappa shape index (κ2) is 8.34. The van der Waals surface area contributed by atoms with Crippen LogP contribution in [0.1, 0.15) is 20.8 Å². The number of ether oxygens (including phenoxy) is 1. The van der Waals surface area contributed by atoms with Crippen molar-refractivity contribution in [1.29, 1.82) is 0 Å². The number of hydrogen-bond acceptors (Lipinski definition) is 5. The number of aromatic nitrogens is 2. The van der Waals surface area contributed by atoms with Gasteiger partial charge in [-0.3, -0.25) is 5.32 Å². The summed E-state index contributed by atoms with van der Waals surface area (Å²) in [5.74, 6) is -0.0689. The van der Waals surface area contributed by atoms with Crippen molar-refractivity contribution < 1.29 is 9.53 Å². The maximum Gasteiger partial charge on any atom is 0.414 e. The molecule has 1 amide bonds. The second-order valence-electron chi connectivity index (χ2n) is 7.16. The number of nitrogens with zero attached hydrogens (tertiary/aromatic N) is 3. The van der Waals surface area contributed by atoms with Crippen LogP contribution in [0.25, 0.3) is 22.2 Å². The van der Waals surface area contributed by atoms with Gasteiger partial charge in [-0.15, -0.1) is 0 Å².